The van der Waals surface area contributed by atoms with Crippen LogP contribution in [-0.4, -0.2) is 24.3 Å². The zero-order valence-corrected chi connectivity index (χ0v) is 4.85. The summed E-state index contributed by atoms with van der Waals surface area (Å²) in [6, 6.07) is -0.216. The Kier molecular flexibility index (Phi) is 1.69. The summed E-state index contributed by atoms with van der Waals surface area (Å²) in [5, 5.41) is 13.4. The molecule has 0 saturated heterocycles. The predicted molar refractivity (Wildman–Crippen MR) is 31.7 cm³/mol. The van der Waals surface area contributed by atoms with Crippen LogP contribution in [0.5, 0.6) is 0 Å². The number of hydrogen-bond donors (Lipinski definition) is 3. The summed E-state index contributed by atoms with van der Waals surface area (Å²) < 4.78 is 0. The zero-order valence-electron chi connectivity index (χ0n) is 4.85. The zero-order chi connectivity index (χ0) is 6.69. The highest BCUT2D eigenvalue weighted by molar-refractivity contribution is 5.76. The van der Waals surface area contributed by atoms with E-state index in [0.717, 1.165) is 5.57 Å². The van der Waals surface area contributed by atoms with Crippen LogP contribution in [0.25, 0.3) is 0 Å². The van der Waals surface area contributed by atoms with Gasteiger partial charge in [0.05, 0.1) is 6.61 Å². The maximum absolute atomic E-state index is 10.4. The van der Waals surface area contributed by atoms with Gasteiger partial charge in [0.1, 0.15) is 0 Å². The fourth-order valence-corrected chi connectivity index (χ4v) is 0.565. The van der Waals surface area contributed by atoms with Gasteiger partial charge in [0.15, 0.2) is 0 Å². The third kappa shape index (κ3) is 1.43. The van der Waals surface area contributed by atoms with Crippen molar-refractivity contribution in [3.05, 3.63) is 11.8 Å². The van der Waals surface area contributed by atoms with E-state index in [9.17, 15) is 4.79 Å². The molecule has 1 aliphatic rings. The van der Waals surface area contributed by atoms with Crippen LogP contribution < -0.4 is 10.6 Å². The van der Waals surface area contributed by atoms with Crippen LogP contribution in [0.15, 0.2) is 11.8 Å². The fourth-order valence-electron chi connectivity index (χ4n) is 0.565. The van der Waals surface area contributed by atoms with Crippen LogP contribution in [0.3, 0.4) is 0 Å². The molecule has 50 valence electrons. The van der Waals surface area contributed by atoms with E-state index in [0.29, 0.717) is 6.54 Å². The number of aliphatic hydroxyl groups is 1. The topological polar surface area (TPSA) is 61.4 Å². The Morgan fingerprint density at radius 2 is 2.56 bits per heavy atom. The second-order valence-electron chi connectivity index (χ2n) is 1.79. The van der Waals surface area contributed by atoms with Gasteiger partial charge in [-0.05, 0) is 5.57 Å². The summed E-state index contributed by atoms with van der Waals surface area (Å²) in [6.07, 6.45) is 1.51. The molecule has 1 heterocycles. The van der Waals surface area contributed by atoms with Crippen molar-refractivity contribution in [2.45, 2.75) is 0 Å². The molecule has 0 aromatic heterocycles. The van der Waals surface area contributed by atoms with E-state index >= 15 is 0 Å². The monoisotopic (exact) mass is 128 g/mol. The Labute approximate surface area is 52.6 Å². The van der Waals surface area contributed by atoms with Gasteiger partial charge in [0.2, 0.25) is 0 Å². The summed E-state index contributed by atoms with van der Waals surface area (Å²) in [6.45, 7) is 0.440. The van der Waals surface area contributed by atoms with Gasteiger partial charge in [0.25, 0.3) is 0 Å². The predicted octanol–water partition coefficient (Wildman–Crippen LogP) is -0.825. The summed E-state index contributed by atoms with van der Waals surface area (Å²) in [5.74, 6) is 0. The van der Waals surface area contributed by atoms with Crippen LogP contribution in [0.4, 0.5) is 4.79 Å². The number of nitrogens with one attached hydrogen (secondary N) is 2. The van der Waals surface area contributed by atoms with Gasteiger partial charge in [-0.3, -0.25) is 0 Å². The highest BCUT2D eigenvalue weighted by Gasteiger charge is 2.05. The van der Waals surface area contributed by atoms with Gasteiger partial charge in [-0.2, -0.15) is 0 Å². The van der Waals surface area contributed by atoms with Gasteiger partial charge in [-0.15, -0.1) is 0 Å². The first kappa shape index (κ1) is 6.10. The lowest BCUT2D eigenvalue weighted by Crippen LogP contribution is -2.38. The van der Waals surface area contributed by atoms with Gasteiger partial charge in [0, 0.05) is 12.7 Å². The molecule has 1 rings (SSSR count). The molecule has 9 heavy (non-hydrogen) atoms. The molecular formula is C5H8N2O2. The van der Waals surface area contributed by atoms with Gasteiger partial charge >= 0.3 is 6.03 Å². The molecule has 0 atom stereocenters. The standard InChI is InChI=1S/C5H8N2O2/c8-3-4-1-6-5(9)7-2-4/h1,8H,2-3H2,(H2,6,7,9). The average molecular weight is 128 g/mol. The molecular weight excluding hydrogens is 120 g/mol. The van der Waals surface area contributed by atoms with E-state index < -0.39 is 0 Å². The first-order valence-corrected chi connectivity index (χ1v) is 2.66. The van der Waals surface area contributed by atoms with Crippen molar-refractivity contribution in [3.63, 3.8) is 0 Å². The maximum Gasteiger partial charge on any atom is 0.319 e. The largest absolute Gasteiger partial charge is 0.392 e. The molecule has 0 saturated carbocycles. The number of aliphatic hydroxyl groups excluding tert-OH is 1. The molecule has 0 spiro atoms. The molecule has 0 unspecified atom stereocenters. The number of hydrogen-bond acceptors (Lipinski definition) is 2. The van der Waals surface area contributed by atoms with E-state index in [2.05, 4.69) is 10.6 Å². The molecule has 0 aliphatic carbocycles. The highest BCUT2D eigenvalue weighted by atomic mass is 16.3. The quantitative estimate of drug-likeness (QED) is 0.432. The van der Waals surface area contributed by atoms with E-state index in [4.69, 9.17) is 5.11 Å². The van der Waals surface area contributed by atoms with Crippen LogP contribution in [0, 0.1) is 0 Å². The Morgan fingerprint density at radius 1 is 1.78 bits per heavy atom. The van der Waals surface area contributed by atoms with Crippen molar-refractivity contribution in [3.8, 4) is 0 Å². The van der Waals surface area contributed by atoms with Crippen LogP contribution in [-0.2, 0) is 0 Å². The Morgan fingerprint density at radius 3 is 3.00 bits per heavy atom. The number of urea groups is 1. The van der Waals surface area contributed by atoms with Crippen molar-refractivity contribution in [2.75, 3.05) is 13.2 Å². The van der Waals surface area contributed by atoms with Crippen molar-refractivity contribution < 1.29 is 9.90 Å². The Balaban J connectivity index is 2.50. The lowest BCUT2D eigenvalue weighted by molar-refractivity contribution is 0.242. The Bertz CT molecular complexity index is 153. The molecule has 0 aromatic rings. The average Bonchev–Trinajstić information content (AvgIpc) is 1.90. The molecule has 3 N–H and O–H groups in total. The molecule has 1 aliphatic heterocycles. The van der Waals surface area contributed by atoms with Crippen molar-refractivity contribution in [1.29, 1.82) is 0 Å². The third-order valence-electron chi connectivity index (χ3n) is 1.09. The fraction of sp³-hybridized carbons (Fsp3) is 0.400. The molecule has 0 fully saturated rings. The summed E-state index contributed by atoms with van der Waals surface area (Å²) >= 11 is 0. The number of rotatable bonds is 1. The highest BCUT2D eigenvalue weighted by Crippen LogP contribution is 1.91. The van der Waals surface area contributed by atoms with E-state index in [1.54, 1.807) is 0 Å². The van der Waals surface area contributed by atoms with Crippen LogP contribution >= 0.6 is 0 Å². The SMILES string of the molecule is O=C1NC=C(CO)CN1. The number of carbonyl (C=O) groups is 1. The van der Waals surface area contributed by atoms with Crippen molar-refractivity contribution in [1.82, 2.24) is 10.6 Å². The minimum Gasteiger partial charge on any atom is -0.392 e. The second kappa shape index (κ2) is 2.50. The number of amides is 2. The summed E-state index contributed by atoms with van der Waals surface area (Å²) in [7, 11) is 0. The normalized spacial score (nSPS) is 17.9. The minimum atomic E-state index is -0.216. The van der Waals surface area contributed by atoms with Gasteiger partial charge < -0.3 is 15.7 Å². The second-order valence-corrected chi connectivity index (χ2v) is 1.79. The van der Waals surface area contributed by atoms with E-state index in [1.807, 2.05) is 0 Å². The smallest absolute Gasteiger partial charge is 0.319 e. The summed E-state index contributed by atoms with van der Waals surface area (Å²) in [5.41, 5.74) is 0.787. The molecule has 2 amide bonds. The van der Waals surface area contributed by atoms with Crippen LogP contribution in [0.2, 0.25) is 0 Å². The third-order valence-corrected chi connectivity index (χ3v) is 1.09. The molecule has 4 nitrogen and oxygen atoms in total. The first-order chi connectivity index (χ1) is 4.33. The van der Waals surface area contributed by atoms with Gasteiger partial charge in [-0.1, -0.05) is 0 Å². The number of carbonyl (C=O) groups excluding carboxylic acids is 1. The van der Waals surface area contributed by atoms with Crippen molar-refractivity contribution >= 4 is 6.03 Å². The maximum atomic E-state index is 10.4. The molecule has 0 radical (unpaired) electrons. The van der Waals surface area contributed by atoms with E-state index in [1.165, 1.54) is 6.20 Å². The van der Waals surface area contributed by atoms with Crippen molar-refractivity contribution in [2.24, 2.45) is 0 Å². The van der Waals surface area contributed by atoms with Crippen LogP contribution in [0.1, 0.15) is 0 Å². The lowest BCUT2D eigenvalue weighted by Gasteiger charge is -2.12. The Hall–Kier alpha value is -1.03. The molecule has 0 bridgehead atoms. The van der Waals surface area contributed by atoms with Gasteiger partial charge in [-0.25, -0.2) is 4.79 Å². The minimum absolute atomic E-state index is 0.00667. The summed E-state index contributed by atoms with van der Waals surface area (Å²) in [4.78, 5) is 10.4. The molecule has 4 heteroatoms. The van der Waals surface area contributed by atoms with E-state index in [-0.39, 0.29) is 12.6 Å². The lowest BCUT2D eigenvalue weighted by atomic mass is 10.3. The molecule has 0 aromatic carbocycles. The first-order valence-electron chi connectivity index (χ1n) is 2.66.